The van der Waals surface area contributed by atoms with Crippen LogP contribution in [0, 0.1) is 0 Å². The average Bonchev–Trinajstić information content (AvgIpc) is 4.02. The molecule has 8 atom stereocenters. The van der Waals surface area contributed by atoms with E-state index in [1.807, 2.05) is 109 Å². The molecule has 2 bridgehead atoms. The molecule has 3 saturated heterocycles. The Bertz CT molecular complexity index is 1990. The van der Waals surface area contributed by atoms with E-state index >= 15 is 0 Å². The van der Waals surface area contributed by atoms with Gasteiger partial charge in [-0.3, -0.25) is 4.90 Å². The Morgan fingerprint density at radius 2 is 1.12 bits per heavy atom. The zero-order chi connectivity index (χ0) is 45.8. The van der Waals surface area contributed by atoms with Gasteiger partial charge in [0.1, 0.15) is 31.0 Å². The Hall–Kier alpha value is -4.74. The van der Waals surface area contributed by atoms with Gasteiger partial charge < -0.3 is 33.2 Å². The summed E-state index contributed by atoms with van der Waals surface area (Å²) in [6.07, 6.45) is 12.6. The molecule has 3 heterocycles. The molecule has 3 aliphatic rings. The van der Waals surface area contributed by atoms with Crippen molar-refractivity contribution in [1.82, 2.24) is 4.90 Å². The highest BCUT2D eigenvalue weighted by Crippen LogP contribution is 2.50. The Kier molecular flexibility index (Phi) is 19.4. The van der Waals surface area contributed by atoms with Crippen molar-refractivity contribution in [2.24, 2.45) is 0 Å². The van der Waals surface area contributed by atoms with Gasteiger partial charge in [-0.15, -0.1) is 0 Å². The predicted octanol–water partition coefficient (Wildman–Crippen LogP) is 13.0. The van der Waals surface area contributed by atoms with Crippen molar-refractivity contribution in [3.05, 3.63) is 144 Å². The number of rotatable bonds is 29. The van der Waals surface area contributed by atoms with Crippen LogP contribution in [0.15, 0.2) is 121 Å². The zero-order valence-electron chi connectivity index (χ0n) is 39.4. The third-order valence-corrected chi connectivity index (χ3v) is 13.5. The van der Waals surface area contributed by atoms with E-state index in [2.05, 4.69) is 26.0 Å². The fourth-order valence-corrected chi connectivity index (χ4v) is 9.89. The van der Waals surface area contributed by atoms with Gasteiger partial charge in [-0.25, -0.2) is 9.59 Å². The van der Waals surface area contributed by atoms with E-state index in [9.17, 15) is 9.59 Å². The minimum atomic E-state index is -1.21. The molecular weight excluding hydrogens is 831 g/mol. The van der Waals surface area contributed by atoms with Crippen LogP contribution in [0.1, 0.15) is 139 Å². The van der Waals surface area contributed by atoms with Crippen LogP contribution in [0.4, 0.5) is 9.59 Å². The maximum Gasteiger partial charge on any atom is 0.509 e. The number of amides is 1. The Labute approximate surface area is 393 Å². The highest BCUT2D eigenvalue weighted by atomic mass is 16.8. The molecule has 0 aliphatic carbocycles. The number of ether oxygens (including phenoxy) is 7. The van der Waals surface area contributed by atoms with E-state index in [-0.39, 0.29) is 25.4 Å². The normalized spacial score (nSPS) is 23.6. The van der Waals surface area contributed by atoms with Crippen molar-refractivity contribution in [3.63, 3.8) is 0 Å². The summed E-state index contributed by atoms with van der Waals surface area (Å²) in [6, 6.07) is 39.0. The molecule has 0 aromatic heterocycles. The van der Waals surface area contributed by atoms with Gasteiger partial charge >= 0.3 is 12.2 Å². The first-order chi connectivity index (χ1) is 32.5. The van der Waals surface area contributed by atoms with E-state index in [4.69, 9.17) is 33.2 Å². The standard InChI is InChI=1S/C56H73NO9/c1-3-5-6-7-8-9-10-11-12-13-14-27-36-49-50(64-55(59)63-49)47(57(39-43-28-19-15-20-29-43)54(58)62-42-46-34-25-18-26-35-46)37-38-56-53(61-41-45-32-23-17-24-33-45)52(51(66-56)48(4-2)65-56)60-40-44-30-21-16-22-31-44/h15-26,28-35,47-53H,3-14,27,36-42H2,1-2H3/t47-,48?,49+,50-,51?,52?,53?,56?/m0/s1. The smallest absolute Gasteiger partial charge is 0.445 e. The molecule has 5 unspecified atom stereocenters. The highest BCUT2D eigenvalue weighted by molar-refractivity contribution is 5.69. The number of carbonyl (C=O) groups excluding carboxylic acids is 2. The van der Waals surface area contributed by atoms with E-state index in [0.717, 1.165) is 41.5 Å². The van der Waals surface area contributed by atoms with Crippen LogP contribution < -0.4 is 0 Å². The summed E-state index contributed by atoms with van der Waals surface area (Å²) in [6.45, 7) is 5.40. The van der Waals surface area contributed by atoms with Crippen molar-refractivity contribution in [1.29, 1.82) is 0 Å². The van der Waals surface area contributed by atoms with Crippen LogP contribution in [-0.2, 0) is 59.5 Å². The molecular formula is C56H73NO9. The summed E-state index contributed by atoms with van der Waals surface area (Å²) >= 11 is 0. The summed E-state index contributed by atoms with van der Waals surface area (Å²) in [7, 11) is 0. The minimum Gasteiger partial charge on any atom is -0.445 e. The maximum absolute atomic E-state index is 14.6. The van der Waals surface area contributed by atoms with Gasteiger partial charge in [0.2, 0.25) is 0 Å². The first-order valence-electron chi connectivity index (χ1n) is 25.0. The lowest BCUT2D eigenvalue weighted by molar-refractivity contribution is -0.247. The lowest BCUT2D eigenvalue weighted by Gasteiger charge is -2.41. The number of hydrogen-bond donors (Lipinski definition) is 0. The molecule has 4 aromatic rings. The van der Waals surface area contributed by atoms with Gasteiger partial charge in [0.25, 0.3) is 0 Å². The highest BCUT2D eigenvalue weighted by Gasteiger charge is 2.66. The summed E-state index contributed by atoms with van der Waals surface area (Å²) in [5.74, 6) is -1.21. The Morgan fingerprint density at radius 1 is 0.606 bits per heavy atom. The van der Waals surface area contributed by atoms with Gasteiger partial charge in [0.15, 0.2) is 11.9 Å². The molecule has 1 amide bonds. The number of unbranched alkanes of at least 4 members (excludes halogenated alkanes) is 11. The molecule has 0 spiro atoms. The molecule has 10 heteroatoms. The van der Waals surface area contributed by atoms with Crippen LogP contribution in [0.3, 0.4) is 0 Å². The summed E-state index contributed by atoms with van der Waals surface area (Å²) in [5.41, 5.74) is 3.86. The lowest BCUT2D eigenvalue weighted by atomic mass is 9.89. The van der Waals surface area contributed by atoms with E-state index in [1.54, 1.807) is 4.90 Å². The van der Waals surface area contributed by atoms with Crippen molar-refractivity contribution in [2.75, 3.05) is 0 Å². The molecule has 0 saturated carbocycles. The van der Waals surface area contributed by atoms with Gasteiger partial charge in [-0.1, -0.05) is 206 Å². The van der Waals surface area contributed by atoms with E-state index in [0.29, 0.717) is 38.9 Å². The number of nitrogens with zero attached hydrogens (tertiary/aromatic N) is 1. The quantitative estimate of drug-likeness (QED) is 0.0389. The van der Waals surface area contributed by atoms with Crippen LogP contribution >= 0.6 is 0 Å². The largest absolute Gasteiger partial charge is 0.509 e. The minimum absolute atomic E-state index is 0.0901. The zero-order valence-corrected chi connectivity index (χ0v) is 39.4. The maximum atomic E-state index is 14.6. The van der Waals surface area contributed by atoms with E-state index < -0.39 is 48.5 Å². The third-order valence-electron chi connectivity index (χ3n) is 13.5. The molecule has 7 rings (SSSR count). The van der Waals surface area contributed by atoms with Crippen molar-refractivity contribution >= 4 is 12.2 Å². The van der Waals surface area contributed by atoms with Crippen LogP contribution in [0.5, 0.6) is 0 Å². The molecule has 4 aromatic carbocycles. The van der Waals surface area contributed by atoms with Crippen molar-refractivity contribution < 1.29 is 42.7 Å². The second-order valence-electron chi connectivity index (χ2n) is 18.4. The first kappa shape index (κ1) is 49.2. The number of cyclic esters (lactones) is 2. The average molecular weight is 904 g/mol. The SMILES string of the molecule is CCCCCCCCCCCCCC[C@H]1OC(=O)O[C@H]1[C@H](CCC12OC(CC)C(O1)C(OCc1ccccc1)C2OCc1ccccc1)N(Cc1ccccc1)C(=O)OCc1ccccc1. The molecule has 3 aliphatic heterocycles. The fraction of sp³-hybridized carbons (Fsp3) is 0.536. The predicted molar refractivity (Wildman–Crippen MR) is 255 cm³/mol. The molecule has 66 heavy (non-hydrogen) atoms. The van der Waals surface area contributed by atoms with Crippen LogP contribution in [0.25, 0.3) is 0 Å². The Morgan fingerprint density at radius 3 is 1.68 bits per heavy atom. The van der Waals surface area contributed by atoms with Crippen molar-refractivity contribution in [2.45, 2.75) is 191 Å². The van der Waals surface area contributed by atoms with Crippen LogP contribution in [-0.4, -0.2) is 65.6 Å². The summed E-state index contributed by atoms with van der Waals surface area (Å²) in [5, 5.41) is 0. The van der Waals surface area contributed by atoms with Gasteiger partial charge in [0, 0.05) is 13.0 Å². The second kappa shape index (κ2) is 26.0. The number of benzene rings is 4. The monoisotopic (exact) mass is 904 g/mol. The summed E-state index contributed by atoms with van der Waals surface area (Å²) < 4.78 is 45.8. The van der Waals surface area contributed by atoms with Crippen LogP contribution in [0.2, 0.25) is 0 Å². The number of hydrogen-bond acceptors (Lipinski definition) is 9. The van der Waals surface area contributed by atoms with E-state index in [1.165, 1.54) is 57.8 Å². The number of fused-ring (bicyclic) bond motifs is 2. The molecule has 10 nitrogen and oxygen atoms in total. The molecule has 3 fully saturated rings. The lowest BCUT2D eigenvalue weighted by Crippen LogP contribution is -2.55. The fourth-order valence-electron chi connectivity index (χ4n) is 9.89. The van der Waals surface area contributed by atoms with Gasteiger partial charge in [0.05, 0.1) is 25.4 Å². The first-order valence-corrected chi connectivity index (χ1v) is 25.0. The molecule has 0 radical (unpaired) electrons. The number of carbonyl (C=O) groups is 2. The third kappa shape index (κ3) is 13.9. The molecule has 0 N–H and O–H groups in total. The molecule has 356 valence electrons. The van der Waals surface area contributed by atoms with Gasteiger partial charge in [-0.2, -0.15) is 0 Å². The van der Waals surface area contributed by atoms with Gasteiger partial charge in [-0.05, 0) is 47.9 Å². The second-order valence-corrected chi connectivity index (χ2v) is 18.4. The Balaban J connectivity index is 1.12. The van der Waals surface area contributed by atoms with Crippen molar-refractivity contribution in [3.8, 4) is 0 Å². The topological polar surface area (TPSA) is 102 Å². The summed E-state index contributed by atoms with van der Waals surface area (Å²) in [4.78, 5) is 29.6.